The first-order valence-electron chi connectivity index (χ1n) is 5.44. The summed E-state index contributed by atoms with van der Waals surface area (Å²) < 4.78 is 16.9. The number of benzene rings is 1. The maximum absolute atomic E-state index is 11.8. The fourth-order valence-electron chi connectivity index (χ4n) is 1.40. The van der Waals surface area contributed by atoms with Gasteiger partial charge < -0.3 is 10.5 Å². The Hall–Kier alpha value is -2.11. The van der Waals surface area contributed by atoms with Gasteiger partial charge in [-0.2, -0.15) is 0 Å². The zero-order valence-corrected chi connectivity index (χ0v) is 10.3. The zero-order valence-electron chi connectivity index (χ0n) is 10.3. The molecule has 1 aromatic carbocycles. The first kappa shape index (κ1) is 14.0. The molecule has 0 aliphatic carbocycles. The van der Waals surface area contributed by atoms with Gasteiger partial charge in [0, 0.05) is 23.0 Å². The van der Waals surface area contributed by atoms with E-state index in [4.69, 9.17) is 10.5 Å². The molecular formula is C12H15FN2O3. The minimum atomic E-state index is -1.11. The Kier molecular flexibility index (Phi) is 5.10. The summed E-state index contributed by atoms with van der Waals surface area (Å²) in [6.45, 7) is 2.66. The molecule has 0 fully saturated rings. The molecule has 18 heavy (non-hydrogen) atoms. The van der Waals surface area contributed by atoms with E-state index >= 15 is 0 Å². The van der Waals surface area contributed by atoms with E-state index in [1.807, 2.05) is 6.92 Å². The molecule has 0 atom stereocenters. The molecule has 1 aromatic rings. The Morgan fingerprint density at radius 1 is 1.56 bits per heavy atom. The van der Waals surface area contributed by atoms with Crippen molar-refractivity contribution in [3.05, 3.63) is 23.3 Å². The van der Waals surface area contributed by atoms with E-state index in [1.165, 1.54) is 19.2 Å². The first-order chi connectivity index (χ1) is 8.63. The van der Waals surface area contributed by atoms with Crippen molar-refractivity contribution >= 4 is 17.9 Å². The number of nitrogens with two attached hydrogens (primary N) is 1. The summed E-state index contributed by atoms with van der Waals surface area (Å²) in [5.41, 5.74) is 6.59. The van der Waals surface area contributed by atoms with Crippen LogP contribution in [-0.2, 0) is 4.94 Å². The van der Waals surface area contributed by atoms with E-state index in [2.05, 4.69) is 9.93 Å². The van der Waals surface area contributed by atoms with Crippen molar-refractivity contribution < 1.29 is 19.0 Å². The number of nitrogen functional groups attached to an aromatic ring is 1. The number of aliphatic imine (C=N–C) groups is 1. The summed E-state index contributed by atoms with van der Waals surface area (Å²) in [4.78, 5) is 18.4. The highest BCUT2D eigenvalue weighted by molar-refractivity contribution is 5.96. The quantitative estimate of drug-likeness (QED) is 0.645. The third-order valence-corrected chi connectivity index (χ3v) is 2.27. The second-order valence-electron chi connectivity index (χ2n) is 3.58. The summed E-state index contributed by atoms with van der Waals surface area (Å²) in [5, 5.41) is 0. The van der Waals surface area contributed by atoms with E-state index in [-0.39, 0.29) is 11.3 Å². The van der Waals surface area contributed by atoms with Crippen molar-refractivity contribution in [2.45, 2.75) is 13.3 Å². The number of ether oxygens (including phenoxy) is 1. The lowest BCUT2D eigenvalue weighted by Gasteiger charge is -2.09. The highest BCUT2D eigenvalue weighted by Gasteiger charge is 2.14. The number of hydrogen-bond acceptors (Lipinski definition) is 5. The molecule has 98 valence electrons. The van der Waals surface area contributed by atoms with Crippen LogP contribution in [-0.4, -0.2) is 25.8 Å². The Morgan fingerprint density at radius 3 is 2.83 bits per heavy atom. The smallest absolute Gasteiger partial charge is 0.379 e. The SMILES string of the molecule is CCCN=Cc1c(N)cc(C(=O)OF)cc1OC. The molecule has 0 aliphatic rings. The molecule has 2 N–H and O–H groups in total. The van der Waals surface area contributed by atoms with Crippen LogP contribution in [0.5, 0.6) is 5.75 Å². The number of hydrogen-bond donors (Lipinski definition) is 1. The van der Waals surface area contributed by atoms with Crippen LogP contribution in [0.4, 0.5) is 10.2 Å². The van der Waals surface area contributed by atoms with Crippen LogP contribution >= 0.6 is 0 Å². The lowest BCUT2D eigenvalue weighted by Crippen LogP contribution is -2.05. The topological polar surface area (TPSA) is 73.9 Å². The van der Waals surface area contributed by atoms with Gasteiger partial charge >= 0.3 is 5.97 Å². The van der Waals surface area contributed by atoms with Gasteiger partial charge in [-0.05, 0) is 18.6 Å². The molecule has 1 rings (SSSR count). The third-order valence-electron chi connectivity index (χ3n) is 2.27. The molecule has 0 saturated carbocycles. The number of carbonyl (C=O) groups excluding carboxylic acids is 1. The molecule has 0 amide bonds. The van der Waals surface area contributed by atoms with Crippen LogP contribution in [0.15, 0.2) is 17.1 Å². The van der Waals surface area contributed by atoms with Crippen LogP contribution in [0.25, 0.3) is 0 Å². The molecule has 5 nitrogen and oxygen atoms in total. The Morgan fingerprint density at radius 2 is 2.28 bits per heavy atom. The highest BCUT2D eigenvalue weighted by Crippen LogP contribution is 2.25. The third kappa shape index (κ3) is 3.19. The Bertz CT molecular complexity index is 461. The second kappa shape index (κ2) is 6.58. The summed E-state index contributed by atoms with van der Waals surface area (Å²) >= 11 is 0. The standard InChI is InChI=1S/C12H15FN2O3/c1-3-4-15-7-9-10(14)5-8(12(16)18-13)6-11(9)17-2/h5-7H,3-4,14H2,1-2H3. The van der Waals surface area contributed by atoms with Crippen LogP contribution in [0, 0.1) is 0 Å². The summed E-state index contributed by atoms with van der Waals surface area (Å²) in [7, 11) is 1.43. The summed E-state index contributed by atoms with van der Waals surface area (Å²) in [5.74, 6) is -0.771. The number of anilines is 1. The molecule has 0 saturated heterocycles. The second-order valence-corrected chi connectivity index (χ2v) is 3.58. The fraction of sp³-hybridized carbons (Fsp3) is 0.333. The van der Waals surface area contributed by atoms with Gasteiger partial charge in [0.25, 0.3) is 0 Å². The summed E-state index contributed by atoms with van der Waals surface area (Å²) in [6.07, 6.45) is 2.48. The van der Waals surface area contributed by atoms with E-state index in [0.29, 0.717) is 17.9 Å². The van der Waals surface area contributed by atoms with E-state index in [0.717, 1.165) is 6.42 Å². The largest absolute Gasteiger partial charge is 0.496 e. The minimum absolute atomic E-state index is 0.0144. The predicted molar refractivity (Wildman–Crippen MR) is 66.7 cm³/mol. The predicted octanol–water partition coefficient (Wildman–Crippen LogP) is 2.15. The van der Waals surface area contributed by atoms with Crippen LogP contribution in [0.1, 0.15) is 29.3 Å². The molecule has 0 bridgehead atoms. The molecular weight excluding hydrogens is 239 g/mol. The Balaban J connectivity index is 3.15. The lowest BCUT2D eigenvalue weighted by atomic mass is 10.1. The van der Waals surface area contributed by atoms with Gasteiger partial charge in [0.2, 0.25) is 0 Å². The van der Waals surface area contributed by atoms with Gasteiger partial charge in [-0.15, -0.1) is 0 Å². The monoisotopic (exact) mass is 254 g/mol. The number of methoxy groups -OCH3 is 1. The average Bonchev–Trinajstić information content (AvgIpc) is 2.39. The van der Waals surface area contributed by atoms with Crippen molar-refractivity contribution in [1.29, 1.82) is 0 Å². The van der Waals surface area contributed by atoms with Crippen molar-refractivity contribution in [2.24, 2.45) is 4.99 Å². The van der Waals surface area contributed by atoms with Crippen LogP contribution < -0.4 is 10.5 Å². The van der Waals surface area contributed by atoms with Crippen molar-refractivity contribution in [2.75, 3.05) is 19.4 Å². The zero-order chi connectivity index (χ0) is 13.5. The van der Waals surface area contributed by atoms with Crippen molar-refractivity contribution in [3.8, 4) is 5.75 Å². The minimum Gasteiger partial charge on any atom is -0.496 e. The normalized spacial score (nSPS) is 10.6. The maximum Gasteiger partial charge on any atom is 0.379 e. The van der Waals surface area contributed by atoms with Gasteiger partial charge in [0.05, 0.1) is 18.2 Å². The fourth-order valence-corrected chi connectivity index (χ4v) is 1.40. The molecule has 0 aromatic heterocycles. The van der Waals surface area contributed by atoms with Gasteiger partial charge in [-0.25, -0.2) is 9.74 Å². The number of halogens is 1. The summed E-state index contributed by atoms with van der Waals surface area (Å²) in [6, 6.07) is 2.67. The molecule has 6 heteroatoms. The number of rotatable bonds is 5. The molecule has 0 heterocycles. The van der Waals surface area contributed by atoms with Crippen molar-refractivity contribution in [1.82, 2.24) is 0 Å². The average molecular weight is 254 g/mol. The number of carbonyl (C=O) groups is 1. The number of nitrogens with zero attached hydrogens (tertiary/aromatic N) is 1. The molecule has 0 spiro atoms. The maximum atomic E-state index is 11.8. The molecule has 0 radical (unpaired) electrons. The molecule has 0 unspecified atom stereocenters. The van der Waals surface area contributed by atoms with Gasteiger partial charge in [0.15, 0.2) is 0 Å². The van der Waals surface area contributed by atoms with Gasteiger partial charge in [-0.1, -0.05) is 6.92 Å². The first-order valence-corrected chi connectivity index (χ1v) is 5.44. The lowest BCUT2D eigenvalue weighted by molar-refractivity contribution is -0.0788. The Labute approximate surface area is 104 Å². The van der Waals surface area contributed by atoms with E-state index < -0.39 is 5.97 Å². The van der Waals surface area contributed by atoms with Crippen LogP contribution in [0.2, 0.25) is 0 Å². The van der Waals surface area contributed by atoms with Crippen molar-refractivity contribution in [3.63, 3.8) is 0 Å². The molecule has 0 aliphatic heterocycles. The van der Waals surface area contributed by atoms with E-state index in [1.54, 1.807) is 6.21 Å². The van der Waals surface area contributed by atoms with Gasteiger partial charge in [-0.3, -0.25) is 4.99 Å². The van der Waals surface area contributed by atoms with E-state index in [9.17, 15) is 9.32 Å². The van der Waals surface area contributed by atoms with Crippen LogP contribution in [0.3, 0.4) is 0 Å². The van der Waals surface area contributed by atoms with Gasteiger partial charge in [0.1, 0.15) is 5.75 Å². The highest BCUT2D eigenvalue weighted by atomic mass is 19.3.